The molecule has 0 aliphatic carbocycles. The van der Waals surface area contributed by atoms with E-state index in [2.05, 4.69) is 17.1 Å². The molecule has 156 valence electrons. The van der Waals surface area contributed by atoms with Gasteiger partial charge in [-0.3, -0.25) is 14.7 Å². The zero-order valence-corrected chi connectivity index (χ0v) is 17.5. The van der Waals surface area contributed by atoms with E-state index in [0.717, 1.165) is 16.8 Å². The lowest BCUT2D eigenvalue weighted by molar-refractivity contribution is -0.139. The van der Waals surface area contributed by atoms with Crippen molar-refractivity contribution in [1.82, 2.24) is 15.1 Å². The Morgan fingerprint density at radius 1 is 1.37 bits per heavy atom. The largest absolute Gasteiger partial charge is 0.360 e. The molecule has 1 N–H and O–H groups in total. The molecule has 2 unspecified atom stereocenters. The maximum atomic E-state index is 13.5. The molecule has 2 amide bonds. The number of hydrogen-bond donors (Lipinski definition) is 1. The van der Waals surface area contributed by atoms with E-state index in [1.165, 1.54) is 5.56 Å². The summed E-state index contributed by atoms with van der Waals surface area (Å²) in [5.74, 6) is -1.01. The molecule has 1 aromatic heterocycles. The van der Waals surface area contributed by atoms with Gasteiger partial charge in [-0.05, 0) is 49.1 Å². The number of aryl methyl sites for hydroxylation is 2. The topological polar surface area (TPSA) is 78.5 Å². The predicted molar refractivity (Wildman–Crippen MR) is 112 cm³/mol. The van der Waals surface area contributed by atoms with Crippen LogP contribution < -0.4 is 4.90 Å². The smallest absolute Gasteiger partial charge is 0.234 e. The van der Waals surface area contributed by atoms with Crippen molar-refractivity contribution in [3.63, 3.8) is 0 Å². The van der Waals surface area contributed by atoms with Crippen LogP contribution in [0.2, 0.25) is 0 Å². The zero-order chi connectivity index (χ0) is 21.0. The quantitative estimate of drug-likeness (QED) is 0.771. The molecule has 1 aromatic carbocycles. The van der Waals surface area contributed by atoms with Gasteiger partial charge in [0.05, 0.1) is 30.7 Å². The van der Waals surface area contributed by atoms with E-state index in [-0.39, 0.29) is 17.9 Å². The van der Waals surface area contributed by atoms with Crippen LogP contribution in [0.15, 0.2) is 42.7 Å². The second kappa shape index (κ2) is 6.80. The number of aromatic amines is 1. The fourth-order valence-electron chi connectivity index (χ4n) is 4.97. The van der Waals surface area contributed by atoms with E-state index in [4.69, 9.17) is 4.74 Å². The number of carbonyl (C=O) groups excluding carboxylic acids is 2. The number of anilines is 1. The lowest BCUT2D eigenvalue weighted by Gasteiger charge is -2.27. The molecular formula is C23H26N4O3. The molecule has 30 heavy (non-hydrogen) atoms. The molecule has 2 bridgehead atoms. The number of benzene rings is 1. The number of carbonyl (C=O) groups is 2. The Kier molecular flexibility index (Phi) is 4.32. The highest BCUT2D eigenvalue weighted by Gasteiger charge is 2.67. The van der Waals surface area contributed by atoms with Crippen molar-refractivity contribution < 1.29 is 14.3 Å². The van der Waals surface area contributed by atoms with E-state index >= 15 is 0 Å². The third kappa shape index (κ3) is 2.80. The van der Waals surface area contributed by atoms with Gasteiger partial charge in [-0.25, -0.2) is 0 Å². The standard InChI is InChI=1S/C23H26N4O3/c1-14-4-5-17(10-15(14)2)27-13-23-8-6-18(30-23)19(20(23)22(27)29)21(28)26(3)9-7-16-11-24-25-12-16/h4-6,8,10-12,18-20H,7,9,13H2,1-3H3,(H,24,25)/t18-,19?,20?,23-/m0/s1. The summed E-state index contributed by atoms with van der Waals surface area (Å²) in [6.45, 7) is 5.12. The summed E-state index contributed by atoms with van der Waals surface area (Å²) in [5.41, 5.74) is 3.54. The Hall–Kier alpha value is -2.93. The van der Waals surface area contributed by atoms with Gasteiger partial charge in [-0.1, -0.05) is 18.2 Å². The molecular weight excluding hydrogens is 380 g/mol. The molecule has 5 rings (SSSR count). The summed E-state index contributed by atoms with van der Waals surface area (Å²) < 4.78 is 6.26. The number of hydrogen-bond acceptors (Lipinski definition) is 4. The number of rotatable bonds is 5. The average Bonchev–Trinajstić information content (AvgIpc) is 3.50. The number of aromatic nitrogens is 2. The van der Waals surface area contributed by atoms with Crippen LogP contribution in [0.25, 0.3) is 0 Å². The van der Waals surface area contributed by atoms with Gasteiger partial charge in [0.2, 0.25) is 11.8 Å². The Balaban J connectivity index is 1.38. The lowest BCUT2D eigenvalue weighted by atomic mass is 9.76. The van der Waals surface area contributed by atoms with Crippen LogP contribution in [-0.4, -0.2) is 58.8 Å². The van der Waals surface area contributed by atoms with Gasteiger partial charge in [-0.15, -0.1) is 0 Å². The Morgan fingerprint density at radius 2 is 2.20 bits per heavy atom. The zero-order valence-electron chi connectivity index (χ0n) is 17.5. The van der Waals surface area contributed by atoms with Crippen LogP contribution in [0.3, 0.4) is 0 Å². The minimum absolute atomic E-state index is 0.0216. The van der Waals surface area contributed by atoms with Crippen LogP contribution in [0.1, 0.15) is 16.7 Å². The maximum Gasteiger partial charge on any atom is 0.234 e. The van der Waals surface area contributed by atoms with E-state index in [1.807, 2.05) is 43.5 Å². The van der Waals surface area contributed by atoms with Crippen LogP contribution in [0.5, 0.6) is 0 Å². The monoisotopic (exact) mass is 406 g/mol. The van der Waals surface area contributed by atoms with Crippen molar-refractivity contribution in [2.24, 2.45) is 11.8 Å². The van der Waals surface area contributed by atoms with E-state index in [9.17, 15) is 9.59 Å². The molecule has 4 heterocycles. The van der Waals surface area contributed by atoms with Crippen molar-refractivity contribution in [2.75, 3.05) is 25.0 Å². The van der Waals surface area contributed by atoms with E-state index < -0.39 is 17.4 Å². The highest BCUT2D eigenvalue weighted by atomic mass is 16.5. The van der Waals surface area contributed by atoms with Crippen LogP contribution in [0.4, 0.5) is 5.69 Å². The number of nitrogens with zero attached hydrogens (tertiary/aromatic N) is 3. The van der Waals surface area contributed by atoms with Crippen molar-refractivity contribution in [1.29, 1.82) is 0 Å². The Morgan fingerprint density at radius 3 is 2.93 bits per heavy atom. The molecule has 1 spiro atoms. The Bertz CT molecular complexity index is 1030. The first kappa shape index (κ1) is 19.1. The van der Waals surface area contributed by atoms with Crippen molar-refractivity contribution in [2.45, 2.75) is 32.0 Å². The summed E-state index contributed by atoms with van der Waals surface area (Å²) in [5, 5.41) is 6.74. The number of amides is 2. The fraction of sp³-hybridized carbons (Fsp3) is 0.435. The van der Waals surface area contributed by atoms with Crippen molar-refractivity contribution in [3.05, 3.63) is 59.4 Å². The number of fused-ring (bicyclic) bond motifs is 1. The van der Waals surface area contributed by atoms with Gasteiger partial charge >= 0.3 is 0 Å². The fourth-order valence-corrected chi connectivity index (χ4v) is 4.97. The lowest BCUT2D eigenvalue weighted by Crippen LogP contribution is -2.45. The second-order valence-corrected chi connectivity index (χ2v) is 8.71. The molecule has 7 nitrogen and oxygen atoms in total. The maximum absolute atomic E-state index is 13.5. The number of H-pyrrole nitrogens is 1. The molecule has 2 fully saturated rings. The first-order valence-corrected chi connectivity index (χ1v) is 10.4. The first-order chi connectivity index (χ1) is 14.4. The molecule has 4 atom stereocenters. The third-order valence-electron chi connectivity index (χ3n) is 6.85. The molecule has 3 aliphatic rings. The second-order valence-electron chi connectivity index (χ2n) is 8.71. The van der Waals surface area contributed by atoms with Crippen LogP contribution >= 0.6 is 0 Å². The summed E-state index contributed by atoms with van der Waals surface area (Å²) >= 11 is 0. The molecule has 7 heteroatoms. The number of likely N-dealkylation sites (N-methyl/N-ethyl adjacent to an activating group) is 1. The highest BCUT2D eigenvalue weighted by Crippen LogP contribution is 2.53. The van der Waals surface area contributed by atoms with Crippen LogP contribution in [0, 0.1) is 25.7 Å². The molecule has 0 radical (unpaired) electrons. The number of ether oxygens (including phenoxy) is 1. The SMILES string of the molecule is Cc1ccc(N2C[C@]34C=C[C@H](O3)C(C(=O)N(C)CCc3cn[nH]c3)C4C2=O)cc1C. The van der Waals surface area contributed by atoms with E-state index in [0.29, 0.717) is 19.5 Å². The first-order valence-electron chi connectivity index (χ1n) is 10.4. The highest BCUT2D eigenvalue weighted by molar-refractivity contribution is 6.03. The summed E-state index contributed by atoms with van der Waals surface area (Å²) in [4.78, 5) is 30.3. The average molecular weight is 406 g/mol. The summed E-state index contributed by atoms with van der Waals surface area (Å²) in [7, 11) is 1.80. The van der Waals surface area contributed by atoms with Crippen molar-refractivity contribution >= 4 is 17.5 Å². The van der Waals surface area contributed by atoms with Crippen LogP contribution in [-0.2, 0) is 20.7 Å². The minimum atomic E-state index is -0.702. The third-order valence-corrected chi connectivity index (χ3v) is 6.85. The van der Waals surface area contributed by atoms with Gasteiger partial charge in [0.25, 0.3) is 0 Å². The molecule has 2 saturated heterocycles. The van der Waals surface area contributed by atoms with E-state index in [1.54, 1.807) is 23.0 Å². The summed E-state index contributed by atoms with van der Waals surface area (Å²) in [6.07, 6.45) is 7.93. The summed E-state index contributed by atoms with van der Waals surface area (Å²) in [6, 6.07) is 6.04. The predicted octanol–water partition coefficient (Wildman–Crippen LogP) is 2.01. The van der Waals surface area contributed by atoms with Gasteiger partial charge in [0.1, 0.15) is 5.60 Å². The Labute approximate surface area is 175 Å². The minimum Gasteiger partial charge on any atom is -0.360 e. The molecule has 0 saturated carbocycles. The molecule has 3 aliphatic heterocycles. The number of nitrogens with one attached hydrogen (secondary N) is 1. The van der Waals surface area contributed by atoms with Crippen molar-refractivity contribution in [3.8, 4) is 0 Å². The van der Waals surface area contributed by atoms with Gasteiger partial charge in [0.15, 0.2) is 0 Å². The van der Waals surface area contributed by atoms with Gasteiger partial charge in [-0.2, -0.15) is 5.10 Å². The van der Waals surface area contributed by atoms with Gasteiger partial charge < -0.3 is 14.5 Å². The normalized spacial score (nSPS) is 29.0. The van der Waals surface area contributed by atoms with Gasteiger partial charge in [0, 0.05) is 25.5 Å². The molecule has 2 aromatic rings.